The Hall–Kier alpha value is -5.19. The maximum Gasteiger partial charge on any atom is 0.584 e. The van der Waals surface area contributed by atoms with Crippen molar-refractivity contribution in [3.05, 3.63) is 95.1 Å². The molecule has 0 aliphatic carbocycles. The van der Waals surface area contributed by atoms with Crippen molar-refractivity contribution in [2.45, 2.75) is 12.8 Å². The molecule has 248 valence electrons. The molecule has 0 spiro atoms. The zero-order valence-corrected chi connectivity index (χ0v) is 27.6. The normalized spacial score (nSPS) is 10.9. The number of hydrogen-bond acceptors (Lipinski definition) is 11. The van der Waals surface area contributed by atoms with Gasteiger partial charge < -0.3 is 37.5 Å². The van der Waals surface area contributed by atoms with Gasteiger partial charge in [-0.05, 0) is 35.4 Å². The quantitative estimate of drug-likeness (QED) is 0.108. The molecule has 0 bridgehead atoms. The average molecular weight is 667 g/mol. The highest BCUT2D eigenvalue weighted by Gasteiger charge is 2.26. The third kappa shape index (κ3) is 8.55. The molecule has 0 saturated carbocycles. The Balaban J connectivity index is 1.39. The van der Waals surface area contributed by atoms with Gasteiger partial charge in [0, 0.05) is 37.1 Å². The number of carbonyl (C=O) groups excluding carboxylic acids is 2. The van der Waals surface area contributed by atoms with E-state index < -0.39 is 7.82 Å². The predicted molar refractivity (Wildman–Crippen MR) is 172 cm³/mol. The minimum absolute atomic E-state index is 0.000503. The second kappa shape index (κ2) is 15.4. The molecule has 0 unspecified atom stereocenters. The molecule has 4 aromatic carbocycles. The number of ether oxygens (including phenoxy) is 6. The van der Waals surface area contributed by atoms with Crippen molar-refractivity contribution < 1.29 is 56.5 Å². The molecule has 47 heavy (non-hydrogen) atoms. The lowest BCUT2D eigenvalue weighted by atomic mass is 10.0. The van der Waals surface area contributed by atoms with Crippen molar-refractivity contribution in [1.29, 1.82) is 0 Å². The highest BCUT2D eigenvalue weighted by Crippen LogP contribution is 2.44. The highest BCUT2D eigenvalue weighted by molar-refractivity contribution is 7.48. The summed E-state index contributed by atoms with van der Waals surface area (Å²) < 4.78 is 55.2. The Kier molecular flexibility index (Phi) is 11.4. The predicted octanol–water partition coefficient (Wildman–Crippen LogP) is 6.15. The molecule has 0 aliphatic rings. The van der Waals surface area contributed by atoms with E-state index in [2.05, 4.69) is 0 Å². The first-order valence-corrected chi connectivity index (χ1v) is 15.6. The third-order valence-corrected chi connectivity index (χ3v) is 7.89. The van der Waals surface area contributed by atoms with Gasteiger partial charge in [0.2, 0.25) is 0 Å². The van der Waals surface area contributed by atoms with Crippen LogP contribution in [-0.4, -0.2) is 59.1 Å². The van der Waals surface area contributed by atoms with Crippen LogP contribution in [0.15, 0.2) is 72.8 Å². The third-order valence-electron chi connectivity index (χ3n) is 7.01. The fourth-order valence-corrected chi connectivity index (χ4v) is 5.54. The van der Waals surface area contributed by atoms with E-state index >= 15 is 0 Å². The molecule has 0 amide bonds. The van der Waals surface area contributed by atoms with Gasteiger partial charge in [-0.15, -0.1) is 0 Å². The first-order chi connectivity index (χ1) is 22.5. The average Bonchev–Trinajstić information content (AvgIpc) is 3.08. The van der Waals surface area contributed by atoms with E-state index in [1.807, 2.05) is 0 Å². The zero-order valence-electron chi connectivity index (χ0n) is 26.7. The van der Waals surface area contributed by atoms with Crippen molar-refractivity contribution in [1.82, 2.24) is 0 Å². The van der Waals surface area contributed by atoms with Gasteiger partial charge in [-0.3, -0.25) is 14.5 Å². The number of methoxy groups -OCH3 is 6. The Labute approximate surface area is 272 Å². The van der Waals surface area contributed by atoms with E-state index in [1.165, 1.54) is 66.9 Å². The standard InChI is InChI=1S/C34H35O12P/c1-39-25-17-29(41-3)33(30(18-25)42-4)27(35)15-21-7-11-23(12-8-21)45-47(37,38)46-24-13-9-22(10-14-24)16-28(36)34-31(43-5)19-26(40-2)20-32(34)44-6/h7-14,17-20H,15-16H2,1-6H3,(H,37,38). The van der Waals surface area contributed by atoms with Crippen LogP contribution in [0, 0.1) is 0 Å². The molecule has 0 atom stereocenters. The van der Waals surface area contributed by atoms with Crippen molar-refractivity contribution in [3.63, 3.8) is 0 Å². The molecule has 0 fully saturated rings. The van der Waals surface area contributed by atoms with Gasteiger partial charge in [0.1, 0.15) is 57.1 Å². The van der Waals surface area contributed by atoms with Crippen LogP contribution < -0.4 is 37.5 Å². The minimum Gasteiger partial charge on any atom is -0.496 e. The van der Waals surface area contributed by atoms with E-state index in [0.717, 1.165) is 0 Å². The number of carbonyl (C=O) groups is 2. The molecule has 0 aliphatic heterocycles. The Morgan fingerprint density at radius 1 is 0.511 bits per heavy atom. The first kappa shape index (κ1) is 34.7. The molecule has 0 saturated heterocycles. The number of phosphoric acid groups is 1. The lowest BCUT2D eigenvalue weighted by Crippen LogP contribution is -2.09. The van der Waals surface area contributed by atoms with E-state index in [9.17, 15) is 19.0 Å². The van der Waals surface area contributed by atoms with Crippen molar-refractivity contribution in [2.75, 3.05) is 42.7 Å². The Bertz CT molecular complexity index is 1590. The smallest absolute Gasteiger partial charge is 0.496 e. The van der Waals surface area contributed by atoms with Crippen molar-refractivity contribution in [3.8, 4) is 46.0 Å². The number of benzene rings is 4. The monoisotopic (exact) mass is 666 g/mol. The molecule has 0 radical (unpaired) electrons. The van der Waals surface area contributed by atoms with Crippen molar-refractivity contribution in [2.24, 2.45) is 0 Å². The molecule has 13 heteroatoms. The summed E-state index contributed by atoms with van der Waals surface area (Å²) in [6, 6.07) is 18.5. The van der Waals surface area contributed by atoms with Gasteiger partial charge in [-0.1, -0.05) is 24.3 Å². The maximum absolute atomic E-state index is 13.2. The van der Waals surface area contributed by atoms with Crippen LogP contribution in [0.25, 0.3) is 0 Å². The van der Waals surface area contributed by atoms with E-state index in [1.54, 1.807) is 48.5 Å². The molecule has 12 nitrogen and oxygen atoms in total. The molecule has 4 rings (SSSR count). The lowest BCUT2D eigenvalue weighted by Gasteiger charge is -2.15. The second-order valence-corrected chi connectivity index (χ2v) is 11.3. The van der Waals surface area contributed by atoms with E-state index in [0.29, 0.717) is 45.6 Å². The SMILES string of the molecule is COc1cc(OC)c(C(=O)Cc2ccc(OP(=O)(O)Oc3ccc(CC(=O)c4c(OC)cc(OC)cc4OC)cc3)cc2)c(OC)c1. The molecule has 1 N–H and O–H groups in total. The minimum atomic E-state index is -4.60. The summed E-state index contributed by atoms with van der Waals surface area (Å²) >= 11 is 0. The fraction of sp³-hybridized carbons (Fsp3) is 0.235. The molecular weight excluding hydrogens is 631 g/mol. The lowest BCUT2D eigenvalue weighted by molar-refractivity contribution is 0.0978. The fourth-order valence-electron chi connectivity index (χ4n) is 4.73. The summed E-state index contributed by atoms with van der Waals surface area (Å²) in [7, 11) is 4.18. The molecule has 0 heterocycles. The van der Waals surface area contributed by atoms with E-state index in [4.69, 9.17) is 37.5 Å². The topological polar surface area (TPSA) is 145 Å². The first-order valence-electron chi connectivity index (χ1n) is 14.1. The van der Waals surface area contributed by atoms with Crippen LogP contribution in [0.5, 0.6) is 46.0 Å². The van der Waals surface area contributed by atoms with Gasteiger partial charge in [-0.2, -0.15) is 0 Å². The van der Waals surface area contributed by atoms with Gasteiger partial charge >= 0.3 is 7.82 Å². The molecule has 4 aromatic rings. The van der Waals surface area contributed by atoms with Crippen LogP contribution in [0.2, 0.25) is 0 Å². The Morgan fingerprint density at radius 2 is 0.809 bits per heavy atom. The zero-order chi connectivity index (χ0) is 34.1. The number of Topliss-reactive ketones (excluding diaryl/α,β-unsaturated/α-hetero) is 2. The number of ketones is 2. The van der Waals surface area contributed by atoms with E-state index in [-0.39, 0.29) is 47.0 Å². The largest absolute Gasteiger partial charge is 0.584 e. The van der Waals surface area contributed by atoms with Crippen LogP contribution >= 0.6 is 7.82 Å². The number of phosphoric ester groups is 1. The number of hydrogen-bond donors (Lipinski definition) is 1. The summed E-state index contributed by atoms with van der Waals surface area (Å²) in [6.45, 7) is 0. The van der Waals surface area contributed by atoms with Gasteiger partial charge in [0.15, 0.2) is 11.6 Å². The van der Waals surface area contributed by atoms with Crippen LogP contribution in [-0.2, 0) is 17.4 Å². The van der Waals surface area contributed by atoms with Crippen molar-refractivity contribution >= 4 is 19.4 Å². The number of rotatable bonds is 16. The van der Waals surface area contributed by atoms with Gasteiger partial charge in [0.05, 0.1) is 42.7 Å². The summed E-state index contributed by atoms with van der Waals surface area (Å²) in [4.78, 5) is 36.7. The maximum atomic E-state index is 13.2. The van der Waals surface area contributed by atoms with Gasteiger partial charge in [-0.25, -0.2) is 4.57 Å². The second-order valence-electron chi connectivity index (χ2n) is 9.95. The summed E-state index contributed by atoms with van der Waals surface area (Å²) in [5.74, 6) is 1.76. The summed E-state index contributed by atoms with van der Waals surface area (Å²) in [6.07, 6.45) is -0.00101. The van der Waals surface area contributed by atoms with Crippen LogP contribution in [0.4, 0.5) is 0 Å². The summed E-state index contributed by atoms with van der Waals surface area (Å²) in [5.41, 5.74) is 1.76. The van der Waals surface area contributed by atoms with Crippen LogP contribution in [0.1, 0.15) is 31.8 Å². The molecule has 0 aromatic heterocycles. The summed E-state index contributed by atoms with van der Waals surface area (Å²) in [5, 5.41) is 0. The molecular formula is C34H35O12P. The van der Waals surface area contributed by atoms with Gasteiger partial charge in [0.25, 0.3) is 0 Å². The Morgan fingerprint density at radius 3 is 1.06 bits per heavy atom. The highest BCUT2D eigenvalue weighted by atomic mass is 31.2. The van der Waals surface area contributed by atoms with Crippen LogP contribution in [0.3, 0.4) is 0 Å².